The average Bonchev–Trinajstić information content (AvgIpc) is 2.38. The molecule has 1 aromatic carbocycles. The minimum absolute atomic E-state index is 0.00634. The highest BCUT2D eigenvalue weighted by Crippen LogP contribution is 2.34. The minimum atomic E-state index is -0.802. The molecule has 2 unspecified atom stereocenters. The molecule has 2 N–H and O–H groups in total. The molecule has 0 spiro atoms. The lowest BCUT2D eigenvalue weighted by atomic mass is 9.99. The number of carboxylic acids is 1. The molecule has 0 radical (unpaired) electrons. The second kappa shape index (κ2) is 7.64. The molecule has 0 fully saturated rings. The number of hydrogen-bond donors (Lipinski definition) is 2. The number of carbonyl (C=O) groups is 1. The summed E-state index contributed by atoms with van der Waals surface area (Å²) in [6.45, 7) is 6.70. The summed E-state index contributed by atoms with van der Waals surface area (Å²) in [5, 5.41) is 19.0. The third-order valence-corrected chi connectivity index (χ3v) is 4.03. The van der Waals surface area contributed by atoms with Crippen molar-refractivity contribution in [2.24, 2.45) is 0 Å². The Balaban J connectivity index is 3.08. The van der Waals surface area contributed by atoms with Crippen LogP contribution in [0, 0.1) is 0 Å². The van der Waals surface area contributed by atoms with Crippen molar-refractivity contribution in [2.75, 3.05) is 6.54 Å². The molecule has 0 bridgehead atoms. The molecule has 5 heteroatoms. The Morgan fingerprint density at radius 3 is 2.55 bits per heavy atom. The van der Waals surface area contributed by atoms with E-state index >= 15 is 0 Å². The predicted molar refractivity (Wildman–Crippen MR) is 82.9 cm³/mol. The van der Waals surface area contributed by atoms with Gasteiger partial charge in [-0.05, 0) is 38.1 Å². The Hall–Kier alpha value is -1.07. The predicted octanol–water partition coefficient (Wildman–Crippen LogP) is 3.79. The van der Waals surface area contributed by atoms with Gasteiger partial charge in [-0.1, -0.05) is 29.8 Å². The Labute approximate surface area is 128 Å². The van der Waals surface area contributed by atoms with Crippen molar-refractivity contribution in [1.29, 1.82) is 0 Å². The van der Waals surface area contributed by atoms with Crippen LogP contribution < -0.4 is 0 Å². The van der Waals surface area contributed by atoms with E-state index in [9.17, 15) is 9.90 Å². The zero-order valence-electron chi connectivity index (χ0n) is 12.1. The first kappa shape index (κ1) is 17.0. The summed E-state index contributed by atoms with van der Waals surface area (Å²) < 4.78 is 0.908. The first-order valence-electron chi connectivity index (χ1n) is 6.86. The van der Waals surface area contributed by atoms with Crippen LogP contribution in [0.15, 0.2) is 22.7 Å². The SMILES string of the molecule is CCC(c1cc(Br)ccc1O)N(CC)C(C)CC(=O)O. The number of halogens is 1. The molecule has 0 aliphatic rings. The molecule has 20 heavy (non-hydrogen) atoms. The van der Waals surface area contributed by atoms with Gasteiger partial charge in [0, 0.05) is 22.1 Å². The third kappa shape index (κ3) is 4.21. The molecule has 0 aliphatic carbocycles. The van der Waals surface area contributed by atoms with Gasteiger partial charge in [-0.3, -0.25) is 9.69 Å². The van der Waals surface area contributed by atoms with Crippen LogP contribution in [-0.2, 0) is 4.79 Å². The molecule has 0 heterocycles. The monoisotopic (exact) mass is 343 g/mol. The standard InChI is InChI=1S/C15H22BrNO3/c1-4-13(12-9-11(16)6-7-14(12)18)17(5-2)10(3)8-15(19)20/h6-7,9-10,13,18H,4-5,8H2,1-3H3,(H,19,20). The van der Waals surface area contributed by atoms with E-state index < -0.39 is 5.97 Å². The maximum Gasteiger partial charge on any atom is 0.304 e. The fourth-order valence-corrected chi connectivity index (χ4v) is 3.01. The molecule has 0 saturated carbocycles. The normalized spacial score (nSPS) is 14.2. The van der Waals surface area contributed by atoms with E-state index in [4.69, 9.17) is 5.11 Å². The Morgan fingerprint density at radius 1 is 1.40 bits per heavy atom. The van der Waals surface area contributed by atoms with Crippen LogP contribution in [0.1, 0.15) is 45.2 Å². The molecule has 112 valence electrons. The first-order valence-corrected chi connectivity index (χ1v) is 7.65. The van der Waals surface area contributed by atoms with Crippen molar-refractivity contribution >= 4 is 21.9 Å². The summed E-state index contributed by atoms with van der Waals surface area (Å²) >= 11 is 3.42. The summed E-state index contributed by atoms with van der Waals surface area (Å²) in [6, 6.07) is 5.28. The smallest absolute Gasteiger partial charge is 0.304 e. The average molecular weight is 344 g/mol. The first-order chi connectivity index (χ1) is 9.40. The maximum absolute atomic E-state index is 10.9. The van der Waals surface area contributed by atoms with Gasteiger partial charge in [-0.15, -0.1) is 0 Å². The fraction of sp³-hybridized carbons (Fsp3) is 0.533. The van der Waals surface area contributed by atoms with Crippen molar-refractivity contribution in [3.05, 3.63) is 28.2 Å². The van der Waals surface area contributed by atoms with Crippen LogP contribution in [0.2, 0.25) is 0 Å². The van der Waals surface area contributed by atoms with Gasteiger partial charge in [0.25, 0.3) is 0 Å². The second-order valence-corrected chi connectivity index (χ2v) is 5.82. The summed E-state index contributed by atoms with van der Waals surface area (Å²) in [5.74, 6) is -0.551. The molecular formula is C15H22BrNO3. The highest BCUT2D eigenvalue weighted by atomic mass is 79.9. The number of carboxylic acid groups (broad SMARTS) is 1. The Morgan fingerprint density at radius 2 is 2.05 bits per heavy atom. The van der Waals surface area contributed by atoms with Crippen LogP contribution in [0.25, 0.3) is 0 Å². The zero-order chi connectivity index (χ0) is 15.3. The molecule has 1 rings (SSSR count). The number of aliphatic carboxylic acids is 1. The minimum Gasteiger partial charge on any atom is -0.508 e. The van der Waals surface area contributed by atoms with Gasteiger partial charge in [-0.2, -0.15) is 0 Å². The summed E-state index contributed by atoms with van der Waals surface area (Å²) in [6.07, 6.45) is 0.904. The summed E-state index contributed by atoms with van der Waals surface area (Å²) in [7, 11) is 0. The van der Waals surface area contributed by atoms with E-state index in [1.165, 1.54) is 0 Å². The lowest BCUT2D eigenvalue weighted by Gasteiger charge is -2.35. The molecule has 0 saturated heterocycles. The van der Waals surface area contributed by atoms with Gasteiger partial charge < -0.3 is 10.2 Å². The van der Waals surface area contributed by atoms with Crippen molar-refractivity contribution in [2.45, 2.75) is 45.7 Å². The fourth-order valence-electron chi connectivity index (χ4n) is 2.63. The van der Waals surface area contributed by atoms with Crippen molar-refractivity contribution < 1.29 is 15.0 Å². The van der Waals surface area contributed by atoms with Crippen LogP contribution in [-0.4, -0.2) is 33.7 Å². The number of nitrogens with zero attached hydrogens (tertiary/aromatic N) is 1. The number of phenolic OH excluding ortho intramolecular Hbond substituents is 1. The molecule has 2 atom stereocenters. The van der Waals surface area contributed by atoms with Crippen LogP contribution in [0.3, 0.4) is 0 Å². The van der Waals surface area contributed by atoms with Gasteiger partial charge in [0.2, 0.25) is 0 Å². The van der Waals surface area contributed by atoms with Gasteiger partial charge in [0.15, 0.2) is 0 Å². The molecular weight excluding hydrogens is 322 g/mol. The second-order valence-electron chi connectivity index (χ2n) is 4.90. The Bertz CT molecular complexity index is 464. The number of hydrogen-bond acceptors (Lipinski definition) is 3. The largest absolute Gasteiger partial charge is 0.508 e. The van der Waals surface area contributed by atoms with Gasteiger partial charge in [-0.25, -0.2) is 0 Å². The highest BCUT2D eigenvalue weighted by molar-refractivity contribution is 9.10. The summed E-state index contributed by atoms with van der Waals surface area (Å²) in [5.41, 5.74) is 0.834. The van der Waals surface area contributed by atoms with Gasteiger partial charge in [0.05, 0.1) is 6.42 Å². The van der Waals surface area contributed by atoms with Crippen molar-refractivity contribution in [3.8, 4) is 5.75 Å². The van der Waals surface area contributed by atoms with E-state index in [2.05, 4.69) is 20.8 Å². The van der Waals surface area contributed by atoms with Crippen LogP contribution >= 0.6 is 15.9 Å². The van der Waals surface area contributed by atoms with Crippen molar-refractivity contribution in [1.82, 2.24) is 4.90 Å². The third-order valence-electron chi connectivity index (χ3n) is 3.54. The van der Waals surface area contributed by atoms with E-state index in [-0.39, 0.29) is 24.3 Å². The number of rotatable bonds is 7. The summed E-state index contributed by atoms with van der Waals surface area (Å²) in [4.78, 5) is 13.0. The van der Waals surface area contributed by atoms with E-state index in [1.807, 2.05) is 26.8 Å². The van der Waals surface area contributed by atoms with Gasteiger partial charge in [0.1, 0.15) is 5.75 Å². The topological polar surface area (TPSA) is 60.8 Å². The molecule has 1 aromatic rings. The quantitative estimate of drug-likeness (QED) is 0.790. The van der Waals surface area contributed by atoms with Crippen molar-refractivity contribution in [3.63, 3.8) is 0 Å². The highest BCUT2D eigenvalue weighted by Gasteiger charge is 2.25. The molecule has 0 amide bonds. The lowest BCUT2D eigenvalue weighted by Crippen LogP contribution is -2.37. The van der Waals surface area contributed by atoms with E-state index in [1.54, 1.807) is 12.1 Å². The van der Waals surface area contributed by atoms with Crippen LogP contribution in [0.4, 0.5) is 0 Å². The number of benzene rings is 1. The molecule has 0 aromatic heterocycles. The maximum atomic E-state index is 10.9. The van der Waals surface area contributed by atoms with Gasteiger partial charge >= 0.3 is 5.97 Å². The van der Waals surface area contributed by atoms with E-state index in [0.717, 1.165) is 23.0 Å². The van der Waals surface area contributed by atoms with Crippen LogP contribution in [0.5, 0.6) is 5.75 Å². The lowest BCUT2D eigenvalue weighted by molar-refractivity contribution is -0.138. The Kier molecular flexibility index (Phi) is 6.49. The zero-order valence-corrected chi connectivity index (χ0v) is 13.7. The molecule has 4 nitrogen and oxygen atoms in total. The number of phenols is 1. The van der Waals surface area contributed by atoms with E-state index in [0.29, 0.717) is 0 Å². The molecule has 0 aliphatic heterocycles. The number of aromatic hydroxyl groups is 1.